The Balaban J connectivity index is 2.29. The molecule has 0 radical (unpaired) electrons. The van der Waals surface area contributed by atoms with E-state index in [0.29, 0.717) is 5.15 Å². The van der Waals surface area contributed by atoms with Crippen molar-refractivity contribution in [2.24, 2.45) is 0 Å². The van der Waals surface area contributed by atoms with Crippen molar-refractivity contribution in [3.05, 3.63) is 47.2 Å². The van der Waals surface area contributed by atoms with Crippen LogP contribution in [0, 0.1) is 0 Å². The van der Waals surface area contributed by atoms with Crippen molar-refractivity contribution in [3.63, 3.8) is 0 Å². The maximum absolute atomic E-state index is 5.91. The number of hydrogen-bond donors (Lipinski definition) is 0. The highest BCUT2D eigenvalue weighted by atomic mass is 35.5. The van der Waals surface area contributed by atoms with E-state index in [1.807, 2.05) is 30.5 Å². The second kappa shape index (κ2) is 3.85. The molecule has 0 aliphatic carbocycles. The Morgan fingerprint density at radius 2 is 2.12 bits per heavy atom. The Bertz CT molecular complexity index is 634. The van der Waals surface area contributed by atoms with Gasteiger partial charge in [-0.25, -0.2) is 4.98 Å². The lowest BCUT2D eigenvalue weighted by molar-refractivity contribution is 1.33. The molecule has 16 heavy (non-hydrogen) atoms. The number of rotatable bonds is 1. The molecule has 0 saturated heterocycles. The minimum absolute atomic E-state index is 0.524. The molecule has 0 spiro atoms. The van der Waals surface area contributed by atoms with Crippen LogP contribution in [0.3, 0.4) is 0 Å². The monoisotopic (exact) mass is 246 g/mol. The molecular formula is C12H7ClN2S. The Kier molecular flexibility index (Phi) is 2.35. The minimum atomic E-state index is 0.524. The second-order valence-electron chi connectivity index (χ2n) is 3.37. The molecule has 0 atom stereocenters. The van der Waals surface area contributed by atoms with E-state index in [0.717, 1.165) is 21.3 Å². The van der Waals surface area contributed by atoms with E-state index in [1.165, 1.54) is 0 Å². The summed E-state index contributed by atoms with van der Waals surface area (Å²) < 4.78 is 1.14. The summed E-state index contributed by atoms with van der Waals surface area (Å²) in [6.45, 7) is 0. The number of hydrogen-bond acceptors (Lipinski definition) is 3. The molecule has 3 heterocycles. The lowest BCUT2D eigenvalue weighted by Gasteiger charge is -1.98. The van der Waals surface area contributed by atoms with Gasteiger partial charge in [-0.2, -0.15) is 0 Å². The highest BCUT2D eigenvalue weighted by Gasteiger charge is 2.07. The number of nitrogens with zero attached hydrogens (tertiary/aromatic N) is 2. The van der Waals surface area contributed by atoms with Crippen molar-refractivity contribution in [1.29, 1.82) is 0 Å². The molecule has 0 aliphatic heterocycles. The van der Waals surface area contributed by atoms with Crippen molar-refractivity contribution in [2.45, 2.75) is 0 Å². The van der Waals surface area contributed by atoms with Crippen LogP contribution in [0.2, 0.25) is 5.15 Å². The van der Waals surface area contributed by atoms with Crippen molar-refractivity contribution >= 4 is 33.2 Å². The number of halogens is 1. The summed E-state index contributed by atoms with van der Waals surface area (Å²) in [5.41, 5.74) is 3.12. The second-order valence-corrected chi connectivity index (χ2v) is 4.67. The Hall–Kier alpha value is -1.45. The molecule has 3 aromatic rings. The third-order valence-electron chi connectivity index (χ3n) is 2.36. The van der Waals surface area contributed by atoms with Crippen molar-refractivity contribution in [1.82, 2.24) is 9.97 Å². The van der Waals surface area contributed by atoms with Gasteiger partial charge in [0.25, 0.3) is 0 Å². The molecule has 0 N–H and O–H groups in total. The molecule has 3 rings (SSSR count). The fourth-order valence-corrected chi connectivity index (χ4v) is 2.67. The quantitative estimate of drug-likeness (QED) is 0.607. The lowest BCUT2D eigenvalue weighted by atomic mass is 10.1. The van der Waals surface area contributed by atoms with E-state index in [9.17, 15) is 0 Å². The molecule has 0 bridgehead atoms. The molecular weight excluding hydrogens is 240 g/mol. The SMILES string of the molecule is Clc1ccc2scc(-c3cccnc3)c2n1. The average Bonchev–Trinajstić information content (AvgIpc) is 2.73. The molecule has 4 heteroatoms. The number of pyridine rings is 2. The average molecular weight is 247 g/mol. The highest BCUT2D eigenvalue weighted by Crippen LogP contribution is 2.32. The summed E-state index contributed by atoms with van der Waals surface area (Å²) in [7, 11) is 0. The van der Waals surface area contributed by atoms with Gasteiger partial charge in [0, 0.05) is 28.9 Å². The summed E-state index contributed by atoms with van der Waals surface area (Å²) in [5, 5.41) is 2.61. The molecule has 0 amide bonds. The van der Waals surface area contributed by atoms with E-state index < -0.39 is 0 Å². The predicted octanol–water partition coefficient (Wildman–Crippen LogP) is 4.01. The first-order valence-corrected chi connectivity index (χ1v) is 6.04. The molecule has 0 saturated carbocycles. The zero-order valence-electron chi connectivity index (χ0n) is 8.22. The minimum Gasteiger partial charge on any atom is -0.264 e. The third kappa shape index (κ3) is 1.58. The van der Waals surface area contributed by atoms with Gasteiger partial charge in [0.15, 0.2) is 0 Å². The van der Waals surface area contributed by atoms with E-state index in [4.69, 9.17) is 11.6 Å². The zero-order chi connectivity index (χ0) is 11.0. The van der Waals surface area contributed by atoms with Gasteiger partial charge in [-0.1, -0.05) is 17.7 Å². The molecule has 0 unspecified atom stereocenters. The van der Waals surface area contributed by atoms with Gasteiger partial charge in [0.05, 0.1) is 10.2 Å². The maximum Gasteiger partial charge on any atom is 0.129 e. The van der Waals surface area contributed by atoms with Crippen molar-refractivity contribution < 1.29 is 0 Å². The molecule has 0 fully saturated rings. The van der Waals surface area contributed by atoms with Crippen LogP contribution in [0.5, 0.6) is 0 Å². The molecule has 78 valence electrons. The predicted molar refractivity (Wildman–Crippen MR) is 67.9 cm³/mol. The van der Waals surface area contributed by atoms with Crippen LogP contribution in [0.25, 0.3) is 21.3 Å². The number of thiophene rings is 1. The van der Waals surface area contributed by atoms with Gasteiger partial charge in [-0.3, -0.25) is 4.98 Å². The smallest absolute Gasteiger partial charge is 0.129 e. The van der Waals surface area contributed by atoms with E-state index in [2.05, 4.69) is 15.3 Å². The molecule has 3 aromatic heterocycles. The largest absolute Gasteiger partial charge is 0.264 e. The van der Waals surface area contributed by atoms with Crippen LogP contribution < -0.4 is 0 Å². The first kappa shape index (κ1) is 9.75. The fraction of sp³-hybridized carbons (Fsp3) is 0. The third-order valence-corrected chi connectivity index (χ3v) is 3.50. The Morgan fingerprint density at radius 3 is 2.94 bits per heavy atom. The van der Waals surface area contributed by atoms with Gasteiger partial charge in [-0.05, 0) is 18.2 Å². The Morgan fingerprint density at radius 1 is 1.19 bits per heavy atom. The summed E-state index contributed by atoms with van der Waals surface area (Å²) in [4.78, 5) is 8.47. The van der Waals surface area contributed by atoms with Gasteiger partial charge in [-0.15, -0.1) is 11.3 Å². The van der Waals surface area contributed by atoms with Crippen LogP contribution in [-0.4, -0.2) is 9.97 Å². The summed E-state index contributed by atoms with van der Waals surface area (Å²) >= 11 is 7.58. The first-order valence-electron chi connectivity index (χ1n) is 4.79. The molecule has 2 nitrogen and oxygen atoms in total. The van der Waals surface area contributed by atoms with Gasteiger partial charge >= 0.3 is 0 Å². The number of fused-ring (bicyclic) bond motifs is 1. The normalized spacial score (nSPS) is 10.8. The maximum atomic E-state index is 5.91. The standard InChI is InChI=1S/C12H7ClN2S/c13-11-4-3-10-12(15-11)9(7-16-10)8-2-1-5-14-6-8/h1-7H. The lowest BCUT2D eigenvalue weighted by Crippen LogP contribution is -1.80. The van der Waals surface area contributed by atoms with Gasteiger partial charge < -0.3 is 0 Å². The number of aromatic nitrogens is 2. The highest BCUT2D eigenvalue weighted by molar-refractivity contribution is 7.17. The van der Waals surface area contributed by atoms with E-state index in [1.54, 1.807) is 17.5 Å². The van der Waals surface area contributed by atoms with Gasteiger partial charge in [0.1, 0.15) is 5.15 Å². The summed E-state index contributed by atoms with van der Waals surface area (Å²) in [6.07, 6.45) is 3.60. The summed E-state index contributed by atoms with van der Waals surface area (Å²) in [6, 6.07) is 7.75. The van der Waals surface area contributed by atoms with Crippen molar-refractivity contribution in [3.8, 4) is 11.1 Å². The van der Waals surface area contributed by atoms with Crippen molar-refractivity contribution in [2.75, 3.05) is 0 Å². The van der Waals surface area contributed by atoms with Crippen LogP contribution >= 0.6 is 22.9 Å². The zero-order valence-corrected chi connectivity index (χ0v) is 9.79. The summed E-state index contributed by atoms with van der Waals surface area (Å²) in [5.74, 6) is 0. The van der Waals surface area contributed by atoms with Gasteiger partial charge in [0.2, 0.25) is 0 Å². The first-order chi connectivity index (χ1) is 7.84. The molecule has 0 aliphatic rings. The van der Waals surface area contributed by atoms with Crippen LogP contribution in [0.15, 0.2) is 42.0 Å². The Labute approximate surface area is 102 Å². The molecule has 0 aromatic carbocycles. The van der Waals surface area contributed by atoms with Crippen LogP contribution in [-0.2, 0) is 0 Å². The van der Waals surface area contributed by atoms with Crippen LogP contribution in [0.4, 0.5) is 0 Å². The topological polar surface area (TPSA) is 25.8 Å². The fourth-order valence-electron chi connectivity index (χ4n) is 1.62. The van der Waals surface area contributed by atoms with E-state index in [-0.39, 0.29) is 0 Å². The van der Waals surface area contributed by atoms with Crippen LogP contribution in [0.1, 0.15) is 0 Å². The van der Waals surface area contributed by atoms with E-state index >= 15 is 0 Å².